The summed E-state index contributed by atoms with van der Waals surface area (Å²) >= 11 is 0. The number of nitrogens with zero attached hydrogens (tertiary/aromatic N) is 1. The molecule has 64 valence electrons. The van der Waals surface area contributed by atoms with Crippen molar-refractivity contribution in [1.82, 2.24) is 0 Å². The molecule has 1 aliphatic carbocycles. The molecule has 2 heteroatoms. The van der Waals surface area contributed by atoms with Crippen molar-refractivity contribution in [1.29, 1.82) is 10.7 Å². The lowest BCUT2D eigenvalue weighted by Crippen LogP contribution is -1.93. The molecule has 1 N–H and O–H groups in total. The minimum atomic E-state index is 0.239. The maximum absolute atomic E-state index is 8.85. The zero-order valence-corrected chi connectivity index (χ0v) is 7.25. The molecule has 13 heavy (non-hydrogen) atoms. The van der Waals surface area contributed by atoms with Gasteiger partial charge in [-0.25, -0.2) is 0 Å². The number of rotatable bonds is 1. The Morgan fingerprint density at radius 1 is 1.54 bits per heavy atom. The van der Waals surface area contributed by atoms with E-state index in [4.69, 9.17) is 10.7 Å². The van der Waals surface area contributed by atoms with E-state index in [-0.39, 0.29) is 5.92 Å². The average Bonchev–Trinajstić information content (AvgIpc) is 2.60. The summed E-state index contributed by atoms with van der Waals surface area (Å²) in [6.07, 6.45) is 3.41. The van der Waals surface area contributed by atoms with Gasteiger partial charge in [0.25, 0.3) is 0 Å². The van der Waals surface area contributed by atoms with Crippen LogP contribution in [0, 0.1) is 16.7 Å². The molecule has 0 radical (unpaired) electrons. The van der Waals surface area contributed by atoms with E-state index in [2.05, 4.69) is 6.07 Å². The molecule has 2 nitrogen and oxygen atoms in total. The molecule has 1 unspecified atom stereocenters. The molecular formula is C11H10N2. The van der Waals surface area contributed by atoms with Crippen LogP contribution in [-0.2, 0) is 6.42 Å². The lowest BCUT2D eigenvalue weighted by molar-refractivity contribution is 0.857. The first-order valence-corrected chi connectivity index (χ1v) is 4.39. The molecule has 0 saturated heterocycles. The highest BCUT2D eigenvalue weighted by atomic mass is 14.4. The fraction of sp³-hybridized carbons (Fsp3) is 0.273. The van der Waals surface area contributed by atoms with Gasteiger partial charge in [0.1, 0.15) is 0 Å². The largest absolute Gasteiger partial charge is 0.312 e. The van der Waals surface area contributed by atoms with Gasteiger partial charge in [0.15, 0.2) is 0 Å². The van der Waals surface area contributed by atoms with E-state index in [0.717, 1.165) is 24.0 Å². The lowest BCUT2D eigenvalue weighted by atomic mass is 10.00. The van der Waals surface area contributed by atoms with Crippen molar-refractivity contribution in [3.63, 3.8) is 0 Å². The molecule has 0 amide bonds. The Labute approximate surface area is 77.3 Å². The van der Waals surface area contributed by atoms with Crippen molar-refractivity contribution in [3.8, 4) is 6.07 Å². The van der Waals surface area contributed by atoms with Crippen molar-refractivity contribution in [2.45, 2.75) is 18.8 Å². The predicted molar refractivity (Wildman–Crippen MR) is 51.0 cm³/mol. The maximum atomic E-state index is 8.85. The van der Waals surface area contributed by atoms with Gasteiger partial charge in [-0.15, -0.1) is 0 Å². The second kappa shape index (κ2) is 3.02. The van der Waals surface area contributed by atoms with Crippen molar-refractivity contribution in [2.24, 2.45) is 0 Å². The molecule has 0 fully saturated rings. The number of nitrogens with one attached hydrogen (secondary N) is 1. The normalized spacial score (nSPS) is 19.2. The van der Waals surface area contributed by atoms with Crippen LogP contribution in [-0.4, -0.2) is 6.21 Å². The molecule has 1 aromatic carbocycles. The summed E-state index contributed by atoms with van der Waals surface area (Å²) in [7, 11) is 0. The van der Waals surface area contributed by atoms with E-state index in [9.17, 15) is 0 Å². The molecule has 1 atom stereocenters. The Morgan fingerprint density at radius 3 is 3.08 bits per heavy atom. The fourth-order valence-electron chi connectivity index (χ4n) is 1.96. The second-order valence-electron chi connectivity index (χ2n) is 3.30. The fourth-order valence-corrected chi connectivity index (χ4v) is 1.96. The summed E-state index contributed by atoms with van der Waals surface area (Å²) < 4.78 is 0. The number of fused-ring (bicyclic) bond motifs is 1. The first kappa shape index (κ1) is 8.00. The van der Waals surface area contributed by atoms with Crippen LogP contribution in [0.3, 0.4) is 0 Å². The van der Waals surface area contributed by atoms with E-state index in [1.54, 1.807) is 0 Å². The quantitative estimate of drug-likeness (QED) is 0.645. The Balaban J connectivity index is 2.56. The molecule has 0 aromatic heterocycles. The molecule has 1 aromatic rings. The average molecular weight is 170 g/mol. The Morgan fingerprint density at radius 2 is 2.38 bits per heavy atom. The summed E-state index contributed by atoms with van der Waals surface area (Å²) in [6, 6.07) is 7.98. The van der Waals surface area contributed by atoms with Gasteiger partial charge in [0, 0.05) is 12.1 Å². The topological polar surface area (TPSA) is 47.6 Å². The van der Waals surface area contributed by atoms with Crippen molar-refractivity contribution in [3.05, 3.63) is 34.9 Å². The molecular weight excluding hydrogens is 160 g/mol. The monoisotopic (exact) mass is 170 g/mol. The lowest BCUT2D eigenvalue weighted by Gasteiger charge is -2.04. The first-order chi connectivity index (χ1) is 6.36. The third kappa shape index (κ3) is 1.13. The number of nitriles is 1. The Kier molecular flexibility index (Phi) is 1.86. The van der Waals surface area contributed by atoms with Gasteiger partial charge < -0.3 is 5.41 Å². The van der Waals surface area contributed by atoms with Crippen molar-refractivity contribution in [2.75, 3.05) is 0 Å². The van der Waals surface area contributed by atoms with Gasteiger partial charge >= 0.3 is 0 Å². The predicted octanol–water partition coefficient (Wildman–Crippen LogP) is 2.24. The van der Waals surface area contributed by atoms with Crippen molar-refractivity contribution < 1.29 is 0 Å². The van der Waals surface area contributed by atoms with Crippen LogP contribution in [0.2, 0.25) is 0 Å². The van der Waals surface area contributed by atoms with Gasteiger partial charge in [-0.2, -0.15) is 5.26 Å². The molecule has 0 bridgehead atoms. The summed E-state index contributed by atoms with van der Waals surface area (Å²) in [5.74, 6) is 0.239. The van der Waals surface area contributed by atoms with Gasteiger partial charge in [-0.3, -0.25) is 0 Å². The SMILES string of the molecule is N#Cc1cccc2c1CCC2C=N. The van der Waals surface area contributed by atoms with Crippen LogP contribution in [0.15, 0.2) is 18.2 Å². The Bertz CT molecular complexity index is 388. The van der Waals surface area contributed by atoms with Crippen LogP contribution in [0.25, 0.3) is 0 Å². The van der Waals surface area contributed by atoms with E-state index in [1.807, 2.05) is 18.2 Å². The smallest absolute Gasteiger partial charge is 0.0994 e. The zero-order chi connectivity index (χ0) is 9.26. The molecule has 0 saturated carbocycles. The highest BCUT2D eigenvalue weighted by Gasteiger charge is 2.22. The molecule has 0 spiro atoms. The van der Waals surface area contributed by atoms with Crippen LogP contribution in [0.5, 0.6) is 0 Å². The van der Waals surface area contributed by atoms with Crippen LogP contribution in [0.4, 0.5) is 0 Å². The standard InChI is InChI=1S/C11H10N2/c12-6-8-2-1-3-10-9(7-13)4-5-11(8)10/h1-3,7,9,13H,4-5H2. The summed E-state index contributed by atoms with van der Waals surface area (Å²) in [5.41, 5.74) is 3.11. The minimum absolute atomic E-state index is 0.239. The molecule has 2 rings (SSSR count). The first-order valence-electron chi connectivity index (χ1n) is 4.39. The highest BCUT2D eigenvalue weighted by molar-refractivity contribution is 5.68. The molecule has 1 aliphatic rings. The zero-order valence-electron chi connectivity index (χ0n) is 7.25. The minimum Gasteiger partial charge on any atom is -0.312 e. The van der Waals surface area contributed by atoms with Gasteiger partial charge in [0.2, 0.25) is 0 Å². The van der Waals surface area contributed by atoms with Gasteiger partial charge in [-0.1, -0.05) is 12.1 Å². The van der Waals surface area contributed by atoms with Gasteiger partial charge in [0.05, 0.1) is 11.6 Å². The number of benzene rings is 1. The number of hydrogen-bond acceptors (Lipinski definition) is 2. The van der Waals surface area contributed by atoms with Crippen LogP contribution >= 0.6 is 0 Å². The van der Waals surface area contributed by atoms with Crippen LogP contribution < -0.4 is 0 Å². The van der Waals surface area contributed by atoms with E-state index in [1.165, 1.54) is 11.8 Å². The molecule has 0 heterocycles. The van der Waals surface area contributed by atoms with Gasteiger partial charge in [-0.05, 0) is 30.0 Å². The van der Waals surface area contributed by atoms with E-state index >= 15 is 0 Å². The highest BCUT2D eigenvalue weighted by Crippen LogP contribution is 2.33. The number of hydrogen-bond donors (Lipinski definition) is 1. The maximum Gasteiger partial charge on any atom is 0.0994 e. The van der Waals surface area contributed by atoms with Crippen LogP contribution in [0.1, 0.15) is 29.0 Å². The second-order valence-corrected chi connectivity index (χ2v) is 3.30. The van der Waals surface area contributed by atoms with Crippen molar-refractivity contribution >= 4 is 6.21 Å². The summed E-state index contributed by atoms with van der Waals surface area (Å²) in [6.45, 7) is 0. The Hall–Kier alpha value is -1.62. The molecule has 0 aliphatic heterocycles. The summed E-state index contributed by atoms with van der Waals surface area (Å²) in [4.78, 5) is 0. The third-order valence-corrected chi connectivity index (χ3v) is 2.64. The third-order valence-electron chi connectivity index (χ3n) is 2.64. The van der Waals surface area contributed by atoms with E-state index in [0.29, 0.717) is 0 Å². The summed E-state index contributed by atoms with van der Waals surface area (Å²) in [5, 5.41) is 16.1. The van der Waals surface area contributed by atoms with E-state index < -0.39 is 0 Å².